The summed E-state index contributed by atoms with van der Waals surface area (Å²) in [5.41, 5.74) is 1.75. The van der Waals surface area contributed by atoms with Crippen LogP contribution in [0.15, 0.2) is 24.5 Å². The lowest BCUT2D eigenvalue weighted by atomic mass is 10.00. The van der Waals surface area contributed by atoms with E-state index in [9.17, 15) is 18.0 Å². The number of anilines is 4. The number of carbonyl (C=O) groups is 1. The summed E-state index contributed by atoms with van der Waals surface area (Å²) >= 11 is 1.03. The first-order chi connectivity index (χ1) is 15.4. The van der Waals surface area contributed by atoms with Gasteiger partial charge in [-0.1, -0.05) is 0 Å². The number of fused-ring (bicyclic) bond motifs is 1. The summed E-state index contributed by atoms with van der Waals surface area (Å²) in [4.78, 5) is 27.4. The lowest BCUT2D eigenvalue weighted by Crippen LogP contribution is -2.37. The Kier molecular flexibility index (Phi) is 5.51. The summed E-state index contributed by atoms with van der Waals surface area (Å²) in [5.74, 6) is -0.869. The zero-order chi connectivity index (χ0) is 24.1. The molecule has 1 N–H and O–H groups in total. The van der Waals surface area contributed by atoms with Crippen LogP contribution in [0.3, 0.4) is 0 Å². The highest BCUT2D eigenvalue weighted by Crippen LogP contribution is 2.39. The zero-order valence-electron chi connectivity index (χ0n) is 18.7. The first kappa shape index (κ1) is 22.9. The molecule has 4 rings (SSSR count). The number of rotatable bonds is 4. The summed E-state index contributed by atoms with van der Waals surface area (Å²) in [5, 5.41) is 3.04. The highest BCUT2D eigenvalue weighted by molar-refractivity contribution is 7.09. The number of hydrogen-bond acceptors (Lipinski definition) is 8. The van der Waals surface area contributed by atoms with Gasteiger partial charge in [0.05, 0.1) is 23.8 Å². The van der Waals surface area contributed by atoms with Gasteiger partial charge < -0.3 is 15.1 Å². The van der Waals surface area contributed by atoms with Gasteiger partial charge in [-0.15, -0.1) is 0 Å². The van der Waals surface area contributed by atoms with Crippen LogP contribution in [-0.2, 0) is 17.4 Å². The van der Waals surface area contributed by atoms with E-state index in [1.165, 1.54) is 20.2 Å². The Hall–Kier alpha value is -3.28. The monoisotopic (exact) mass is 477 g/mol. The number of pyridine rings is 2. The molecule has 0 saturated heterocycles. The average molecular weight is 478 g/mol. The van der Waals surface area contributed by atoms with Gasteiger partial charge in [0.1, 0.15) is 17.1 Å². The van der Waals surface area contributed by atoms with Gasteiger partial charge in [-0.25, -0.2) is 4.98 Å². The maximum Gasteiger partial charge on any atom is 0.420 e. The molecule has 1 amide bonds. The Morgan fingerprint density at radius 3 is 2.64 bits per heavy atom. The molecule has 0 radical (unpaired) electrons. The van der Waals surface area contributed by atoms with E-state index in [1.54, 1.807) is 6.20 Å². The Morgan fingerprint density at radius 2 is 1.97 bits per heavy atom. The quantitative estimate of drug-likeness (QED) is 0.592. The minimum Gasteiger partial charge on any atom is -0.368 e. The molecule has 1 aliphatic heterocycles. The molecule has 3 aromatic rings. The maximum atomic E-state index is 13.7. The fourth-order valence-corrected chi connectivity index (χ4v) is 4.17. The number of carbonyl (C=O) groups excluding carboxylic acids is 1. The van der Waals surface area contributed by atoms with Crippen molar-refractivity contribution >= 4 is 40.6 Å². The third-order valence-corrected chi connectivity index (χ3v) is 6.51. The van der Waals surface area contributed by atoms with Crippen molar-refractivity contribution in [1.29, 1.82) is 0 Å². The molecule has 0 unspecified atom stereocenters. The molecule has 33 heavy (non-hydrogen) atoms. The summed E-state index contributed by atoms with van der Waals surface area (Å²) in [6.07, 6.45) is -0.881. The maximum absolute atomic E-state index is 13.7. The molecule has 0 aliphatic carbocycles. The molecule has 12 heteroatoms. The van der Waals surface area contributed by atoms with E-state index < -0.39 is 23.5 Å². The smallest absolute Gasteiger partial charge is 0.368 e. The van der Waals surface area contributed by atoms with Crippen LogP contribution in [0.2, 0.25) is 0 Å². The standard InChI is InChI=1S/C21H22F3N7OS/c1-11(32)30(4)13-7-14(21(22,23)24)17(26-9-13)27-19-28-18(33-29-19)15-6-12-8-20(2,3)31(5)16(12)10-25-15/h6-7,9-10H,8H2,1-5H3,(H,26,27,29). The van der Waals surface area contributed by atoms with Crippen molar-refractivity contribution in [3.63, 3.8) is 0 Å². The molecule has 174 valence electrons. The normalized spacial score (nSPS) is 14.8. The van der Waals surface area contributed by atoms with Gasteiger partial charge in [0, 0.05) is 26.6 Å². The predicted molar refractivity (Wildman–Crippen MR) is 121 cm³/mol. The van der Waals surface area contributed by atoms with Gasteiger partial charge in [-0.2, -0.15) is 22.5 Å². The van der Waals surface area contributed by atoms with Crippen molar-refractivity contribution in [3.8, 4) is 10.7 Å². The molecule has 0 atom stereocenters. The first-order valence-electron chi connectivity index (χ1n) is 10.0. The SMILES string of the molecule is CC(=O)N(C)c1cnc(Nc2nsc(-c3cc4c(cn3)N(C)C(C)(C)C4)n2)c(C(F)(F)F)c1. The Morgan fingerprint density at radius 1 is 1.24 bits per heavy atom. The minimum absolute atomic E-state index is 0.0135. The molecule has 3 aromatic heterocycles. The topological polar surface area (TPSA) is 87.1 Å². The molecule has 1 aliphatic rings. The second-order valence-corrected chi connectivity index (χ2v) is 9.21. The van der Waals surface area contributed by atoms with E-state index in [0.29, 0.717) is 10.7 Å². The molecule has 0 bridgehead atoms. The molecule has 0 spiro atoms. The van der Waals surface area contributed by atoms with E-state index in [1.807, 2.05) is 13.1 Å². The van der Waals surface area contributed by atoms with E-state index >= 15 is 0 Å². The number of likely N-dealkylation sites (N-methyl/N-ethyl adjacent to an activating group) is 1. The Labute approximate surface area is 192 Å². The van der Waals surface area contributed by atoms with Crippen molar-refractivity contribution in [2.24, 2.45) is 0 Å². The number of halogens is 3. The van der Waals surface area contributed by atoms with Crippen LogP contribution in [0.1, 0.15) is 31.9 Å². The molecular formula is C21H22F3N7OS. The van der Waals surface area contributed by atoms with E-state index in [4.69, 9.17) is 0 Å². The number of aromatic nitrogens is 4. The fraction of sp³-hybridized carbons (Fsp3) is 0.381. The number of nitrogens with one attached hydrogen (secondary N) is 1. The number of alkyl halides is 3. The summed E-state index contributed by atoms with van der Waals surface area (Å²) < 4.78 is 45.1. The molecule has 4 heterocycles. The number of hydrogen-bond donors (Lipinski definition) is 1. The van der Waals surface area contributed by atoms with Crippen LogP contribution in [0, 0.1) is 0 Å². The van der Waals surface area contributed by atoms with E-state index in [-0.39, 0.29) is 17.2 Å². The van der Waals surface area contributed by atoms with E-state index in [2.05, 4.69) is 43.4 Å². The minimum atomic E-state index is -4.69. The van der Waals surface area contributed by atoms with Crippen molar-refractivity contribution < 1.29 is 18.0 Å². The zero-order valence-corrected chi connectivity index (χ0v) is 19.5. The van der Waals surface area contributed by atoms with Gasteiger partial charge in [0.15, 0.2) is 5.01 Å². The molecule has 0 fully saturated rings. The van der Waals surface area contributed by atoms with Crippen LogP contribution in [0.5, 0.6) is 0 Å². The summed E-state index contributed by atoms with van der Waals surface area (Å²) in [7, 11) is 3.40. The second-order valence-electron chi connectivity index (χ2n) is 8.46. The van der Waals surface area contributed by atoms with Crippen molar-refractivity contribution in [3.05, 3.63) is 35.7 Å². The Bertz CT molecular complexity index is 1220. The highest BCUT2D eigenvalue weighted by atomic mass is 32.1. The number of nitrogens with zero attached hydrogens (tertiary/aromatic N) is 6. The van der Waals surface area contributed by atoms with Crippen LogP contribution < -0.4 is 15.1 Å². The van der Waals surface area contributed by atoms with Gasteiger partial charge in [-0.3, -0.25) is 9.78 Å². The molecule has 8 nitrogen and oxygen atoms in total. The van der Waals surface area contributed by atoms with Gasteiger partial charge in [0.25, 0.3) is 0 Å². The third-order valence-electron chi connectivity index (χ3n) is 5.77. The van der Waals surface area contributed by atoms with E-state index in [0.717, 1.165) is 40.2 Å². The molecular weight excluding hydrogens is 455 g/mol. The lowest BCUT2D eigenvalue weighted by Gasteiger charge is -2.29. The largest absolute Gasteiger partial charge is 0.420 e. The van der Waals surface area contributed by atoms with Crippen molar-refractivity contribution in [2.75, 3.05) is 29.2 Å². The summed E-state index contributed by atoms with van der Waals surface area (Å²) in [6.45, 7) is 5.54. The first-order valence-corrected chi connectivity index (χ1v) is 10.8. The van der Waals surface area contributed by atoms with Gasteiger partial charge in [-0.05, 0) is 49.5 Å². The molecule has 0 saturated carbocycles. The predicted octanol–water partition coefficient (Wildman–Crippen LogP) is 4.51. The average Bonchev–Trinajstić information content (AvgIpc) is 3.28. The van der Waals surface area contributed by atoms with Crippen LogP contribution >= 0.6 is 11.5 Å². The van der Waals surface area contributed by atoms with Crippen molar-refractivity contribution in [2.45, 2.75) is 38.9 Å². The third kappa shape index (κ3) is 4.34. The van der Waals surface area contributed by atoms with Gasteiger partial charge in [0.2, 0.25) is 11.9 Å². The number of amides is 1. The fourth-order valence-electron chi connectivity index (χ4n) is 3.58. The van der Waals surface area contributed by atoms with Crippen LogP contribution in [0.4, 0.5) is 36.3 Å². The van der Waals surface area contributed by atoms with Gasteiger partial charge >= 0.3 is 6.18 Å². The lowest BCUT2D eigenvalue weighted by molar-refractivity contribution is -0.137. The van der Waals surface area contributed by atoms with Crippen LogP contribution in [0.25, 0.3) is 10.7 Å². The van der Waals surface area contributed by atoms with Crippen LogP contribution in [-0.4, -0.2) is 44.9 Å². The van der Waals surface area contributed by atoms with Crippen molar-refractivity contribution in [1.82, 2.24) is 19.3 Å². The highest BCUT2D eigenvalue weighted by Gasteiger charge is 2.36. The second kappa shape index (κ2) is 7.94. The summed E-state index contributed by atoms with van der Waals surface area (Å²) in [6, 6.07) is 2.81. The molecule has 0 aromatic carbocycles. The Balaban J connectivity index is 1.62.